The van der Waals surface area contributed by atoms with Crippen LogP contribution >= 0.6 is 0 Å². The molecule has 5 rings (SSSR count). The number of hydrogen-bond acceptors (Lipinski definition) is 6. The summed E-state index contributed by atoms with van der Waals surface area (Å²) >= 11 is 0. The molecule has 0 saturated carbocycles. The van der Waals surface area contributed by atoms with Crippen molar-refractivity contribution in [3.05, 3.63) is 70.7 Å². The molecule has 2 aromatic rings. The lowest BCUT2D eigenvalue weighted by molar-refractivity contribution is 0.0814. The number of likely N-dealkylation sites (tertiary alicyclic amines) is 2. The second-order valence-corrected chi connectivity index (χ2v) is 10.1. The van der Waals surface area contributed by atoms with Crippen molar-refractivity contribution in [2.45, 2.75) is 26.2 Å². The Balaban J connectivity index is 1.22. The van der Waals surface area contributed by atoms with Crippen LogP contribution in [0.25, 0.3) is 0 Å². The molecule has 0 aliphatic carbocycles. The zero-order valence-electron chi connectivity index (χ0n) is 20.3. The van der Waals surface area contributed by atoms with Gasteiger partial charge in [0.1, 0.15) is 12.1 Å². The van der Waals surface area contributed by atoms with Gasteiger partial charge in [-0.15, -0.1) is 0 Å². The fraction of sp³-hybridized carbons (Fsp3) is 0.481. The summed E-state index contributed by atoms with van der Waals surface area (Å²) in [6.45, 7) is 9.36. The fourth-order valence-electron chi connectivity index (χ4n) is 5.88. The van der Waals surface area contributed by atoms with Crippen LogP contribution in [-0.2, 0) is 0 Å². The van der Waals surface area contributed by atoms with E-state index in [0.717, 1.165) is 44.7 Å². The van der Waals surface area contributed by atoms with E-state index in [4.69, 9.17) is 5.26 Å². The molecule has 7 nitrogen and oxygen atoms in total. The Labute approximate surface area is 205 Å². The Morgan fingerprint density at radius 1 is 1.17 bits per heavy atom. The van der Waals surface area contributed by atoms with E-state index in [-0.39, 0.29) is 17.6 Å². The smallest absolute Gasteiger partial charge is 0.261 e. The minimum absolute atomic E-state index is 0.0212. The maximum absolute atomic E-state index is 14.0. The number of fused-ring (bicyclic) bond motifs is 1. The molecular formula is C27H31FN6O. The number of benzene rings is 1. The Morgan fingerprint density at radius 3 is 2.63 bits per heavy atom. The van der Waals surface area contributed by atoms with Gasteiger partial charge in [0.05, 0.1) is 29.6 Å². The summed E-state index contributed by atoms with van der Waals surface area (Å²) in [7, 11) is 0. The van der Waals surface area contributed by atoms with E-state index in [1.807, 2.05) is 31.0 Å². The summed E-state index contributed by atoms with van der Waals surface area (Å²) < 4.78 is 14.0. The van der Waals surface area contributed by atoms with Crippen LogP contribution in [0.3, 0.4) is 0 Å². The van der Waals surface area contributed by atoms with Gasteiger partial charge in [0.15, 0.2) is 0 Å². The van der Waals surface area contributed by atoms with Crippen LogP contribution in [0.15, 0.2) is 42.4 Å². The highest BCUT2D eigenvalue weighted by Gasteiger charge is 2.38. The second kappa shape index (κ2) is 9.84. The van der Waals surface area contributed by atoms with Crippen LogP contribution in [0.1, 0.15) is 39.6 Å². The van der Waals surface area contributed by atoms with Gasteiger partial charge in [0, 0.05) is 44.8 Å². The molecule has 0 N–H and O–H groups in total. The number of rotatable bonds is 7. The molecule has 8 heteroatoms. The topological polar surface area (TPSA) is 76.4 Å². The average molecular weight is 475 g/mol. The maximum atomic E-state index is 14.0. The first-order valence-corrected chi connectivity index (χ1v) is 12.3. The number of nitriles is 1. The number of carbonyl (C=O) groups is 1. The molecule has 1 aromatic carbocycles. The molecule has 2 fully saturated rings. The van der Waals surface area contributed by atoms with Gasteiger partial charge in [0.2, 0.25) is 0 Å². The van der Waals surface area contributed by atoms with Crippen molar-refractivity contribution in [3.8, 4) is 6.07 Å². The minimum atomic E-state index is -0.194. The highest BCUT2D eigenvalue weighted by Crippen LogP contribution is 2.37. The maximum Gasteiger partial charge on any atom is 0.261 e. The molecule has 1 amide bonds. The number of aryl methyl sites for hydroxylation is 2. The number of hydrogen-bond donors (Lipinski definition) is 0. The normalized spacial score (nSPS) is 21.4. The molecule has 2 saturated heterocycles. The Morgan fingerprint density at radius 2 is 1.94 bits per heavy atom. The van der Waals surface area contributed by atoms with Gasteiger partial charge in [-0.3, -0.25) is 14.6 Å². The fourth-order valence-corrected chi connectivity index (χ4v) is 5.88. The summed E-state index contributed by atoms with van der Waals surface area (Å²) in [6, 6.07) is 9.21. The van der Waals surface area contributed by atoms with Crippen molar-refractivity contribution < 1.29 is 9.18 Å². The lowest BCUT2D eigenvalue weighted by Gasteiger charge is -2.43. The number of nitrogens with zero attached hydrogens (tertiary/aromatic N) is 6. The van der Waals surface area contributed by atoms with Crippen LogP contribution in [-0.4, -0.2) is 76.4 Å². The highest BCUT2D eigenvalue weighted by molar-refractivity contribution is 5.97. The summed E-state index contributed by atoms with van der Waals surface area (Å²) in [5.41, 5.74) is 4.39. The molecule has 2 atom stereocenters. The monoisotopic (exact) mass is 474 g/mol. The van der Waals surface area contributed by atoms with Crippen molar-refractivity contribution in [3.63, 3.8) is 0 Å². The summed E-state index contributed by atoms with van der Waals surface area (Å²) in [6.07, 6.45) is 4.48. The molecule has 182 valence electrons. The molecular weight excluding hydrogens is 443 g/mol. The van der Waals surface area contributed by atoms with Gasteiger partial charge in [-0.2, -0.15) is 5.26 Å². The first kappa shape index (κ1) is 23.6. The van der Waals surface area contributed by atoms with Crippen LogP contribution in [0.2, 0.25) is 0 Å². The van der Waals surface area contributed by atoms with E-state index < -0.39 is 0 Å². The summed E-state index contributed by atoms with van der Waals surface area (Å²) in [5, 5.41) is 8.97. The van der Waals surface area contributed by atoms with Crippen molar-refractivity contribution in [2.75, 3.05) is 45.8 Å². The number of amides is 1. The number of aromatic nitrogens is 2. The van der Waals surface area contributed by atoms with Crippen molar-refractivity contribution in [1.29, 1.82) is 5.26 Å². The minimum Gasteiger partial charge on any atom is -0.314 e. The molecule has 0 spiro atoms. The zero-order valence-corrected chi connectivity index (χ0v) is 20.3. The van der Waals surface area contributed by atoms with E-state index in [1.165, 1.54) is 18.0 Å². The third-order valence-corrected chi connectivity index (χ3v) is 7.73. The molecule has 0 radical (unpaired) electrons. The van der Waals surface area contributed by atoms with Crippen LogP contribution in [0.4, 0.5) is 4.39 Å². The molecule has 3 aliphatic heterocycles. The predicted octanol–water partition coefficient (Wildman–Crippen LogP) is 3.13. The molecule has 4 heterocycles. The van der Waals surface area contributed by atoms with Gasteiger partial charge in [-0.05, 0) is 61.9 Å². The van der Waals surface area contributed by atoms with Crippen LogP contribution in [0.5, 0.6) is 0 Å². The highest BCUT2D eigenvalue weighted by atomic mass is 19.1. The quantitative estimate of drug-likeness (QED) is 0.574. The number of halogens is 1. The van der Waals surface area contributed by atoms with Gasteiger partial charge >= 0.3 is 0 Å². The average Bonchev–Trinajstić information content (AvgIpc) is 3.36. The molecule has 0 bridgehead atoms. The third kappa shape index (κ3) is 4.84. The second-order valence-electron chi connectivity index (χ2n) is 10.1. The Bertz CT molecular complexity index is 1160. The van der Waals surface area contributed by atoms with Crippen molar-refractivity contribution >= 4 is 5.91 Å². The van der Waals surface area contributed by atoms with Gasteiger partial charge in [-0.1, -0.05) is 12.1 Å². The van der Waals surface area contributed by atoms with Crippen molar-refractivity contribution in [2.24, 2.45) is 11.8 Å². The molecule has 2 unspecified atom stereocenters. The SMILES string of the molecule is Cc1ncnc(C)c1C(=O)N1C=C2CN(CCC(c3cccc(F)c3)C3CN(CC#N)C3)CC2C1. The van der Waals surface area contributed by atoms with E-state index in [0.29, 0.717) is 41.9 Å². The van der Waals surface area contributed by atoms with Crippen LogP contribution in [0, 0.1) is 42.8 Å². The lowest BCUT2D eigenvalue weighted by atomic mass is 9.79. The first-order valence-electron chi connectivity index (χ1n) is 12.3. The van der Waals surface area contributed by atoms with Gasteiger partial charge in [-0.25, -0.2) is 14.4 Å². The Kier molecular flexibility index (Phi) is 6.63. The standard InChI is InChI=1S/C27H31FN6O/c1-18-26(19(2)31-17-30-18)27(35)34-15-21-11-32(12-22(21)16-34)8-6-25(20-4-3-5-24(28)10-20)23-13-33(14-23)9-7-29/h3-5,10,15,17,22-23,25H,6,8-9,11-14,16H2,1-2H3. The lowest BCUT2D eigenvalue weighted by Crippen LogP contribution is -2.49. The first-order chi connectivity index (χ1) is 16.9. The van der Waals surface area contributed by atoms with Gasteiger partial charge < -0.3 is 4.90 Å². The van der Waals surface area contributed by atoms with E-state index in [9.17, 15) is 9.18 Å². The van der Waals surface area contributed by atoms with E-state index in [1.54, 1.807) is 12.1 Å². The van der Waals surface area contributed by atoms with Crippen molar-refractivity contribution in [1.82, 2.24) is 24.7 Å². The largest absolute Gasteiger partial charge is 0.314 e. The number of carbonyl (C=O) groups excluding carboxylic acids is 1. The summed E-state index contributed by atoms with van der Waals surface area (Å²) in [4.78, 5) is 27.9. The third-order valence-electron chi connectivity index (χ3n) is 7.73. The Hall–Kier alpha value is -3.15. The molecule has 1 aromatic heterocycles. The van der Waals surface area contributed by atoms with Gasteiger partial charge in [0.25, 0.3) is 5.91 Å². The zero-order chi connectivity index (χ0) is 24.5. The molecule has 35 heavy (non-hydrogen) atoms. The van der Waals surface area contributed by atoms with E-state index in [2.05, 4.69) is 25.8 Å². The molecule has 3 aliphatic rings. The van der Waals surface area contributed by atoms with E-state index >= 15 is 0 Å². The van der Waals surface area contributed by atoms with Crippen LogP contribution < -0.4 is 0 Å². The predicted molar refractivity (Wildman–Crippen MR) is 130 cm³/mol. The summed E-state index contributed by atoms with van der Waals surface area (Å²) in [5.74, 6) is 0.857.